The molecule has 30 heavy (non-hydrogen) atoms. The van der Waals surface area contributed by atoms with Gasteiger partial charge in [-0.2, -0.15) is 0 Å². The molecule has 0 fully saturated rings. The fraction of sp³-hybridized carbons (Fsp3) is 0.348. The van der Waals surface area contributed by atoms with Crippen molar-refractivity contribution in [2.24, 2.45) is 0 Å². The average molecular weight is 426 g/mol. The number of ether oxygens (including phenoxy) is 3. The Morgan fingerprint density at radius 2 is 1.87 bits per heavy atom. The summed E-state index contributed by atoms with van der Waals surface area (Å²) in [7, 11) is 1.71. The normalized spacial score (nSPS) is 11.5. The molecule has 7 heteroatoms. The molecule has 0 bridgehead atoms. The lowest BCUT2D eigenvalue weighted by Crippen LogP contribution is -2.10. The van der Waals surface area contributed by atoms with Crippen molar-refractivity contribution in [1.29, 1.82) is 0 Å². The van der Waals surface area contributed by atoms with E-state index in [0.29, 0.717) is 19.8 Å². The first kappa shape index (κ1) is 20.5. The molecule has 0 amide bonds. The van der Waals surface area contributed by atoms with Gasteiger partial charge in [0.2, 0.25) is 0 Å². The van der Waals surface area contributed by atoms with E-state index in [2.05, 4.69) is 34.0 Å². The minimum atomic E-state index is 0.146. The summed E-state index contributed by atoms with van der Waals surface area (Å²) in [6.07, 6.45) is 0.146. The summed E-state index contributed by atoms with van der Waals surface area (Å²) in [5.74, 6) is 2.71. The Kier molecular flexibility index (Phi) is 6.11. The van der Waals surface area contributed by atoms with Crippen molar-refractivity contribution in [2.45, 2.75) is 26.9 Å². The van der Waals surface area contributed by atoms with Gasteiger partial charge in [-0.1, -0.05) is 11.3 Å². The van der Waals surface area contributed by atoms with Crippen LogP contribution in [0.2, 0.25) is 0 Å². The Bertz CT molecular complexity index is 1130. The predicted molar refractivity (Wildman–Crippen MR) is 123 cm³/mol. The minimum absolute atomic E-state index is 0.146. The first-order valence-corrected chi connectivity index (χ1v) is 11.0. The molecule has 158 valence electrons. The molecule has 0 saturated heterocycles. The average Bonchev–Trinajstić information content (AvgIpc) is 3.24. The quantitative estimate of drug-likeness (QED) is 0.361. The third-order valence-electron chi connectivity index (χ3n) is 4.63. The molecule has 4 rings (SSSR count). The van der Waals surface area contributed by atoms with Crippen LogP contribution in [0.1, 0.15) is 20.8 Å². The molecule has 2 heterocycles. The van der Waals surface area contributed by atoms with Crippen molar-refractivity contribution in [3.8, 4) is 22.8 Å². The SMILES string of the molecule is CCOc1ccc2c(c1)sc1nc(-c3ccc(OC(C)C)cc3)c(NCCOC)n12. The maximum Gasteiger partial charge on any atom is 0.197 e. The summed E-state index contributed by atoms with van der Waals surface area (Å²) in [5, 5.41) is 3.52. The number of hydrogen-bond donors (Lipinski definition) is 1. The monoisotopic (exact) mass is 425 g/mol. The minimum Gasteiger partial charge on any atom is -0.494 e. The molecule has 0 spiro atoms. The largest absolute Gasteiger partial charge is 0.494 e. The van der Waals surface area contributed by atoms with E-state index in [4.69, 9.17) is 19.2 Å². The van der Waals surface area contributed by atoms with E-state index in [1.54, 1.807) is 18.4 Å². The van der Waals surface area contributed by atoms with Crippen LogP contribution in [0.25, 0.3) is 26.4 Å². The van der Waals surface area contributed by atoms with Gasteiger partial charge in [-0.3, -0.25) is 4.40 Å². The predicted octanol–water partition coefficient (Wildman–Crippen LogP) is 5.46. The van der Waals surface area contributed by atoms with E-state index in [9.17, 15) is 0 Å². The van der Waals surface area contributed by atoms with Gasteiger partial charge in [0, 0.05) is 19.2 Å². The van der Waals surface area contributed by atoms with E-state index in [0.717, 1.165) is 43.8 Å². The number of rotatable bonds is 9. The Hall–Kier alpha value is -2.77. The Balaban J connectivity index is 1.79. The zero-order chi connectivity index (χ0) is 21.1. The number of nitrogens with zero attached hydrogens (tertiary/aromatic N) is 2. The van der Waals surface area contributed by atoms with Crippen molar-refractivity contribution in [1.82, 2.24) is 9.38 Å². The molecular weight excluding hydrogens is 398 g/mol. The molecule has 0 aliphatic rings. The maximum absolute atomic E-state index is 5.78. The highest BCUT2D eigenvalue weighted by Crippen LogP contribution is 2.37. The fourth-order valence-corrected chi connectivity index (χ4v) is 4.46. The van der Waals surface area contributed by atoms with Gasteiger partial charge < -0.3 is 19.5 Å². The Labute approximate surface area is 180 Å². The van der Waals surface area contributed by atoms with Crippen LogP contribution in [0.5, 0.6) is 11.5 Å². The number of hydrogen-bond acceptors (Lipinski definition) is 6. The number of nitrogens with one attached hydrogen (secondary N) is 1. The van der Waals surface area contributed by atoms with Crippen molar-refractivity contribution < 1.29 is 14.2 Å². The van der Waals surface area contributed by atoms with Crippen LogP contribution in [-0.4, -0.2) is 42.4 Å². The molecule has 1 N–H and O–H groups in total. The number of benzene rings is 2. The molecule has 0 atom stereocenters. The lowest BCUT2D eigenvalue weighted by molar-refractivity contribution is 0.210. The van der Waals surface area contributed by atoms with Gasteiger partial charge in [0.25, 0.3) is 0 Å². The molecule has 0 aliphatic heterocycles. The Morgan fingerprint density at radius 1 is 1.10 bits per heavy atom. The van der Waals surface area contributed by atoms with Crippen LogP contribution < -0.4 is 14.8 Å². The van der Waals surface area contributed by atoms with Crippen molar-refractivity contribution in [3.63, 3.8) is 0 Å². The summed E-state index contributed by atoms with van der Waals surface area (Å²) in [5.41, 5.74) is 3.07. The summed E-state index contributed by atoms with van der Waals surface area (Å²) < 4.78 is 20.0. The zero-order valence-electron chi connectivity index (χ0n) is 17.8. The summed E-state index contributed by atoms with van der Waals surface area (Å²) in [6.45, 7) is 8.00. The van der Waals surface area contributed by atoms with Crippen LogP contribution in [0, 0.1) is 0 Å². The first-order chi connectivity index (χ1) is 14.6. The summed E-state index contributed by atoms with van der Waals surface area (Å²) in [4.78, 5) is 5.90. The molecular formula is C23H27N3O3S. The van der Waals surface area contributed by atoms with Crippen LogP contribution in [0.4, 0.5) is 5.82 Å². The number of fused-ring (bicyclic) bond motifs is 3. The highest BCUT2D eigenvalue weighted by molar-refractivity contribution is 7.23. The molecule has 0 aliphatic carbocycles. The Morgan fingerprint density at radius 3 is 2.57 bits per heavy atom. The van der Waals surface area contributed by atoms with Crippen LogP contribution in [-0.2, 0) is 4.74 Å². The molecule has 4 aromatic rings. The second kappa shape index (κ2) is 8.93. The third-order valence-corrected chi connectivity index (χ3v) is 5.63. The number of anilines is 1. The van der Waals surface area contributed by atoms with Gasteiger partial charge in [-0.25, -0.2) is 4.98 Å². The van der Waals surface area contributed by atoms with Crippen molar-refractivity contribution in [3.05, 3.63) is 42.5 Å². The van der Waals surface area contributed by atoms with Gasteiger partial charge in [-0.05, 0) is 63.2 Å². The fourth-order valence-electron chi connectivity index (χ4n) is 3.41. The lowest BCUT2D eigenvalue weighted by Gasteiger charge is -2.11. The van der Waals surface area contributed by atoms with Crippen LogP contribution in [0.3, 0.4) is 0 Å². The standard InChI is InChI=1S/C23H27N3O3S/c1-5-28-18-10-11-19-20(14-18)30-23-25-21(22(26(19)23)24-12-13-27-4)16-6-8-17(9-7-16)29-15(2)3/h6-11,14-15,24H,5,12-13H2,1-4H3. The lowest BCUT2D eigenvalue weighted by atomic mass is 10.1. The van der Waals surface area contributed by atoms with Gasteiger partial charge in [0.15, 0.2) is 4.96 Å². The van der Waals surface area contributed by atoms with Crippen LogP contribution in [0.15, 0.2) is 42.5 Å². The number of imidazole rings is 1. The first-order valence-electron chi connectivity index (χ1n) is 10.2. The molecule has 2 aromatic carbocycles. The van der Waals surface area contributed by atoms with E-state index in [1.165, 1.54) is 0 Å². The van der Waals surface area contributed by atoms with Gasteiger partial charge in [0.05, 0.1) is 29.5 Å². The second-order valence-electron chi connectivity index (χ2n) is 7.20. The van der Waals surface area contributed by atoms with E-state index in [-0.39, 0.29) is 6.10 Å². The van der Waals surface area contributed by atoms with E-state index < -0.39 is 0 Å². The van der Waals surface area contributed by atoms with Gasteiger partial charge >= 0.3 is 0 Å². The van der Waals surface area contributed by atoms with E-state index in [1.807, 2.05) is 39.0 Å². The number of aromatic nitrogens is 2. The molecule has 2 aromatic heterocycles. The molecule has 0 unspecified atom stereocenters. The molecule has 0 radical (unpaired) electrons. The molecule has 6 nitrogen and oxygen atoms in total. The second-order valence-corrected chi connectivity index (χ2v) is 8.21. The number of thiazole rings is 1. The van der Waals surface area contributed by atoms with Crippen molar-refractivity contribution in [2.75, 3.05) is 32.2 Å². The third kappa shape index (κ3) is 4.08. The topological polar surface area (TPSA) is 57.0 Å². The summed E-state index contributed by atoms with van der Waals surface area (Å²) >= 11 is 1.66. The highest BCUT2D eigenvalue weighted by atomic mass is 32.1. The smallest absolute Gasteiger partial charge is 0.197 e. The van der Waals surface area contributed by atoms with E-state index >= 15 is 0 Å². The maximum atomic E-state index is 5.78. The summed E-state index contributed by atoms with van der Waals surface area (Å²) in [6, 6.07) is 14.3. The highest BCUT2D eigenvalue weighted by Gasteiger charge is 2.18. The van der Waals surface area contributed by atoms with Gasteiger partial charge in [-0.15, -0.1) is 0 Å². The zero-order valence-corrected chi connectivity index (χ0v) is 18.6. The number of methoxy groups -OCH3 is 1. The molecule has 0 saturated carbocycles. The van der Waals surface area contributed by atoms with Crippen LogP contribution >= 0.6 is 11.3 Å². The van der Waals surface area contributed by atoms with Gasteiger partial charge in [0.1, 0.15) is 23.0 Å². The van der Waals surface area contributed by atoms with Crippen molar-refractivity contribution >= 4 is 32.3 Å².